The minimum Gasteiger partial charge on any atom is -0.484 e. The summed E-state index contributed by atoms with van der Waals surface area (Å²) in [7, 11) is 0. The molecule has 2 amide bonds. The summed E-state index contributed by atoms with van der Waals surface area (Å²) in [6.45, 7) is 2.07. The summed E-state index contributed by atoms with van der Waals surface area (Å²) >= 11 is 1.47. The highest BCUT2D eigenvalue weighted by Gasteiger charge is 2.28. The predicted molar refractivity (Wildman–Crippen MR) is 99.2 cm³/mol. The topological polar surface area (TPSA) is 81.4 Å². The summed E-state index contributed by atoms with van der Waals surface area (Å²) in [5.74, 6) is 0.490. The van der Waals surface area contributed by atoms with Gasteiger partial charge in [0.2, 0.25) is 0 Å². The molecule has 0 spiro atoms. The van der Waals surface area contributed by atoms with Crippen LogP contribution in [0.25, 0.3) is 0 Å². The molecular formula is C19H22N2O3S. The minimum absolute atomic E-state index is 0.109. The van der Waals surface area contributed by atoms with Crippen LogP contribution in [0.15, 0.2) is 30.3 Å². The lowest BCUT2D eigenvalue weighted by atomic mass is 9.85. The molecule has 3 rings (SSSR count). The molecule has 1 atom stereocenters. The van der Waals surface area contributed by atoms with E-state index in [9.17, 15) is 9.59 Å². The number of hydrogen-bond acceptors (Lipinski definition) is 4. The highest BCUT2D eigenvalue weighted by Crippen LogP contribution is 2.40. The largest absolute Gasteiger partial charge is 0.484 e. The van der Waals surface area contributed by atoms with Crippen molar-refractivity contribution in [1.29, 1.82) is 0 Å². The van der Waals surface area contributed by atoms with E-state index in [4.69, 9.17) is 10.5 Å². The van der Waals surface area contributed by atoms with Crippen molar-refractivity contribution in [2.45, 2.75) is 32.6 Å². The van der Waals surface area contributed by atoms with Crippen LogP contribution >= 0.6 is 11.3 Å². The molecule has 0 aliphatic heterocycles. The van der Waals surface area contributed by atoms with Gasteiger partial charge in [0.15, 0.2) is 6.61 Å². The molecule has 25 heavy (non-hydrogen) atoms. The molecule has 6 heteroatoms. The number of carbonyl (C=O) groups is 2. The number of para-hydroxylation sites is 1. The van der Waals surface area contributed by atoms with Crippen LogP contribution in [-0.4, -0.2) is 18.4 Å². The van der Waals surface area contributed by atoms with Crippen molar-refractivity contribution in [2.24, 2.45) is 11.7 Å². The molecule has 3 N–H and O–H groups in total. The van der Waals surface area contributed by atoms with E-state index in [-0.39, 0.29) is 12.5 Å². The first kappa shape index (κ1) is 17.5. The van der Waals surface area contributed by atoms with Crippen molar-refractivity contribution in [2.75, 3.05) is 11.9 Å². The van der Waals surface area contributed by atoms with E-state index in [2.05, 4.69) is 12.2 Å². The summed E-state index contributed by atoms with van der Waals surface area (Å²) in [6.07, 6.45) is 3.98. The highest BCUT2D eigenvalue weighted by atomic mass is 32.1. The standard InChI is InChI=1S/C19H22N2O3S/c1-2-12-8-9-14-15(10-12)25-19(17(14)18(20)23)21-16(22)11-24-13-6-4-3-5-7-13/h3-7,12H,2,8-11H2,1H3,(H2,20,23)(H,21,22). The number of thiophene rings is 1. The van der Waals surface area contributed by atoms with Gasteiger partial charge in [0.05, 0.1) is 5.56 Å². The Morgan fingerprint density at radius 3 is 2.76 bits per heavy atom. The first-order valence-electron chi connectivity index (χ1n) is 8.50. The van der Waals surface area contributed by atoms with E-state index in [0.717, 1.165) is 31.2 Å². The van der Waals surface area contributed by atoms with Crippen LogP contribution in [0.3, 0.4) is 0 Å². The van der Waals surface area contributed by atoms with Gasteiger partial charge >= 0.3 is 0 Å². The molecule has 2 aromatic rings. The summed E-state index contributed by atoms with van der Waals surface area (Å²) < 4.78 is 5.45. The Balaban J connectivity index is 1.72. The van der Waals surface area contributed by atoms with E-state index < -0.39 is 5.91 Å². The Morgan fingerprint density at radius 1 is 1.32 bits per heavy atom. The fourth-order valence-corrected chi connectivity index (χ4v) is 4.56. The third kappa shape index (κ3) is 4.02. The van der Waals surface area contributed by atoms with Gasteiger partial charge in [-0.1, -0.05) is 31.5 Å². The van der Waals surface area contributed by atoms with Gasteiger partial charge in [0.1, 0.15) is 10.8 Å². The van der Waals surface area contributed by atoms with Gasteiger partial charge in [-0.3, -0.25) is 9.59 Å². The lowest BCUT2D eigenvalue weighted by Crippen LogP contribution is -2.22. The SMILES string of the molecule is CCC1CCc2c(sc(NC(=O)COc3ccccc3)c2C(N)=O)C1. The fourth-order valence-electron chi connectivity index (χ4n) is 3.18. The zero-order chi connectivity index (χ0) is 17.8. The van der Waals surface area contributed by atoms with Crippen LogP contribution in [0, 0.1) is 5.92 Å². The van der Waals surface area contributed by atoms with Crippen LogP contribution in [0.5, 0.6) is 5.75 Å². The van der Waals surface area contributed by atoms with Crippen molar-refractivity contribution >= 4 is 28.2 Å². The molecule has 1 aliphatic rings. The second-order valence-electron chi connectivity index (χ2n) is 6.24. The van der Waals surface area contributed by atoms with Gasteiger partial charge < -0.3 is 15.8 Å². The van der Waals surface area contributed by atoms with E-state index in [0.29, 0.717) is 22.2 Å². The molecule has 1 unspecified atom stereocenters. The van der Waals surface area contributed by atoms with Crippen LogP contribution in [0.1, 0.15) is 40.6 Å². The van der Waals surface area contributed by atoms with Gasteiger partial charge in [-0.2, -0.15) is 0 Å². The molecule has 132 valence electrons. The smallest absolute Gasteiger partial charge is 0.262 e. The first-order valence-corrected chi connectivity index (χ1v) is 9.32. The zero-order valence-electron chi connectivity index (χ0n) is 14.2. The van der Waals surface area contributed by atoms with Crippen molar-refractivity contribution < 1.29 is 14.3 Å². The number of carbonyl (C=O) groups excluding carboxylic acids is 2. The molecular weight excluding hydrogens is 336 g/mol. The number of primary amides is 1. The van der Waals surface area contributed by atoms with Gasteiger partial charge in [0, 0.05) is 4.88 Å². The fraction of sp³-hybridized carbons (Fsp3) is 0.368. The summed E-state index contributed by atoms with van der Waals surface area (Å²) in [6, 6.07) is 9.14. The molecule has 1 aromatic heterocycles. The van der Waals surface area contributed by atoms with Crippen LogP contribution in [-0.2, 0) is 17.6 Å². The number of benzene rings is 1. The van der Waals surface area contributed by atoms with Crippen LogP contribution < -0.4 is 15.8 Å². The maximum absolute atomic E-state index is 12.2. The molecule has 0 bridgehead atoms. The number of fused-ring (bicyclic) bond motifs is 1. The molecule has 0 radical (unpaired) electrons. The molecule has 0 fully saturated rings. The molecule has 1 heterocycles. The van der Waals surface area contributed by atoms with Crippen molar-refractivity contribution in [1.82, 2.24) is 0 Å². The van der Waals surface area contributed by atoms with Gasteiger partial charge in [-0.25, -0.2) is 0 Å². The lowest BCUT2D eigenvalue weighted by molar-refractivity contribution is -0.118. The molecule has 1 aromatic carbocycles. The van der Waals surface area contributed by atoms with Crippen molar-refractivity contribution in [3.05, 3.63) is 46.3 Å². The second-order valence-corrected chi connectivity index (χ2v) is 7.34. The number of anilines is 1. The maximum atomic E-state index is 12.2. The van der Waals surface area contributed by atoms with Crippen molar-refractivity contribution in [3.8, 4) is 5.75 Å². The molecule has 0 saturated heterocycles. The van der Waals surface area contributed by atoms with E-state index in [1.54, 1.807) is 12.1 Å². The highest BCUT2D eigenvalue weighted by molar-refractivity contribution is 7.17. The van der Waals surface area contributed by atoms with Crippen LogP contribution in [0.2, 0.25) is 0 Å². The number of rotatable bonds is 6. The third-order valence-corrected chi connectivity index (χ3v) is 5.73. The second kappa shape index (κ2) is 7.70. The molecule has 1 aliphatic carbocycles. The Morgan fingerprint density at radius 2 is 2.08 bits per heavy atom. The van der Waals surface area contributed by atoms with Crippen molar-refractivity contribution in [3.63, 3.8) is 0 Å². The predicted octanol–water partition coefficient (Wildman–Crippen LogP) is 3.38. The Labute approximate surface area is 151 Å². The summed E-state index contributed by atoms with van der Waals surface area (Å²) in [4.78, 5) is 25.3. The quantitative estimate of drug-likeness (QED) is 0.830. The Bertz CT molecular complexity index is 770. The first-order chi connectivity index (χ1) is 12.1. The maximum Gasteiger partial charge on any atom is 0.262 e. The Hall–Kier alpha value is -2.34. The number of amides is 2. The van der Waals surface area contributed by atoms with Crippen LogP contribution in [0.4, 0.5) is 5.00 Å². The number of nitrogens with one attached hydrogen (secondary N) is 1. The number of hydrogen-bond donors (Lipinski definition) is 2. The molecule has 0 saturated carbocycles. The number of nitrogens with two attached hydrogens (primary N) is 1. The molecule has 5 nitrogen and oxygen atoms in total. The monoisotopic (exact) mass is 358 g/mol. The van der Waals surface area contributed by atoms with Gasteiger partial charge in [-0.15, -0.1) is 11.3 Å². The normalized spacial score (nSPS) is 16.1. The average Bonchev–Trinajstić information content (AvgIpc) is 2.97. The Kier molecular flexibility index (Phi) is 5.38. The average molecular weight is 358 g/mol. The van der Waals surface area contributed by atoms with E-state index >= 15 is 0 Å². The summed E-state index contributed by atoms with van der Waals surface area (Å²) in [5, 5.41) is 3.36. The third-order valence-electron chi connectivity index (χ3n) is 4.56. The van der Waals surface area contributed by atoms with Gasteiger partial charge in [0.25, 0.3) is 11.8 Å². The van der Waals surface area contributed by atoms with E-state index in [1.165, 1.54) is 16.2 Å². The number of ether oxygens (including phenoxy) is 1. The summed E-state index contributed by atoms with van der Waals surface area (Å²) in [5.41, 5.74) is 7.07. The minimum atomic E-state index is -0.480. The van der Waals surface area contributed by atoms with Gasteiger partial charge in [-0.05, 0) is 42.9 Å². The zero-order valence-corrected chi connectivity index (χ0v) is 15.0. The van der Waals surface area contributed by atoms with E-state index in [1.807, 2.05) is 18.2 Å². The lowest BCUT2D eigenvalue weighted by Gasteiger charge is -2.20.